The maximum absolute atomic E-state index is 3.69. The minimum Gasteiger partial charge on any atom is -0.185 e. The number of hydrogen-bond acceptors (Lipinski definition) is 3. The predicted octanol–water partition coefficient (Wildman–Crippen LogP) is 15.2. The third-order valence-corrected chi connectivity index (χ3v) is 19.7. The molecule has 0 amide bonds. The van der Waals surface area contributed by atoms with Gasteiger partial charge in [-0.05, 0) is 102 Å². The van der Waals surface area contributed by atoms with E-state index in [9.17, 15) is 0 Å². The fourth-order valence-corrected chi connectivity index (χ4v) is 17.2. The molecule has 282 valence electrons. The summed E-state index contributed by atoms with van der Waals surface area (Å²) in [5.41, 5.74) is 8.41. The monoisotopic (exact) mass is 842 g/mol. The Balaban J connectivity index is 1.42. The Morgan fingerprint density at radius 3 is 1.51 bits per heavy atom. The van der Waals surface area contributed by atoms with Crippen molar-refractivity contribution >= 4 is 82.2 Å². The van der Waals surface area contributed by atoms with Crippen LogP contribution in [0.3, 0.4) is 0 Å². The molecule has 0 spiro atoms. The van der Waals surface area contributed by atoms with Gasteiger partial charge in [-0.2, -0.15) is 45.3 Å². The molecule has 4 aromatic rings. The molecule has 0 N–H and O–H groups in total. The van der Waals surface area contributed by atoms with E-state index in [-0.39, 0.29) is 0 Å². The summed E-state index contributed by atoms with van der Waals surface area (Å²) in [6.07, 6.45) is 12.1. The molecule has 0 nitrogen and oxygen atoms in total. The highest BCUT2D eigenvalue weighted by atomic mass is 79.9. The van der Waals surface area contributed by atoms with Crippen LogP contribution in [0.5, 0.6) is 0 Å². The molecule has 0 radical (unpaired) electrons. The van der Waals surface area contributed by atoms with Crippen LogP contribution >= 0.6 is 61.2 Å². The topological polar surface area (TPSA) is 0 Å². The number of allylic oxidation sites excluding steroid dienone is 2. The van der Waals surface area contributed by atoms with Crippen LogP contribution in [0.25, 0.3) is 21.0 Å². The van der Waals surface area contributed by atoms with Gasteiger partial charge >= 0.3 is 0 Å². The second kappa shape index (κ2) is 21.0. The van der Waals surface area contributed by atoms with Gasteiger partial charge in [-0.1, -0.05) is 164 Å². The van der Waals surface area contributed by atoms with Gasteiger partial charge in [0.15, 0.2) is 0 Å². The van der Waals surface area contributed by atoms with Crippen molar-refractivity contribution in [3.05, 3.63) is 144 Å². The third kappa shape index (κ3) is 11.0. The van der Waals surface area contributed by atoms with Crippen molar-refractivity contribution < 1.29 is 0 Å². The van der Waals surface area contributed by atoms with E-state index in [1.165, 1.54) is 126 Å². The van der Waals surface area contributed by atoms with Crippen molar-refractivity contribution in [2.24, 2.45) is 0 Å². The summed E-state index contributed by atoms with van der Waals surface area (Å²) < 4.78 is 0.291. The lowest BCUT2D eigenvalue weighted by Crippen LogP contribution is -2.17. The minimum absolute atomic E-state index is 0.291. The quantitative estimate of drug-likeness (QED) is 0.0606. The molecule has 0 unspecified atom stereocenters. The lowest BCUT2D eigenvalue weighted by Gasteiger charge is -2.43. The third-order valence-electron chi connectivity index (χ3n) is 10.6. The van der Waals surface area contributed by atoms with Crippen molar-refractivity contribution in [1.82, 2.24) is 0 Å². The van der Waals surface area contributed by atoms with E-state index >= 15 is 0 Å². The first-order valence-electron chi connectivity index (χ1n) is 19.9. The Labute approximate surface area is 344 Å². The number of halogens is 1. The van der Waals surface area contributed by atoms with Crippen LogP contribution in [0.15, 0.2) is 121 Å². The first-order chi connectivity index (χ1) is 26.0. The van der Waals surface area contributed by atoms with Gasteiger partial charge in [-0.25, -0.2) is 0 Å². The van der Waals surface area contributed by atoms with Gasteiger partial charge < -0.3 is 0 Å². The highest BCUT2D eigenvalue weighted by molar-refractivity contribution is 9.09. The van der Waals surface area contributed by atoms with Crippen LogP contribution in [0.1, 0.15) is 93.9 Å². The molecule has 1 heterocycles. The average Bonchev–Trinajstić information content (AvgIpc) is 3.83. The van der Waals surface area contributed by atoms with E-state index in [0.717, 1.165) is 10.6 Å². The van der Waals surface area contributed by atoms with Gasteiger partial charge in [-0.15, -0.1) is 0 Å². The fraction of sp³-hybridized carbons (Fsp3) is 0.417. The molecule has 0 saturated heterocycles. The summed E-state index contributed by atoms with van der Waals surface area (Å²) in [4.78, 5) is 3.23. The maximum atomic E-state index is 3.69. The Morgan fingerprint density at radius 1 is 0.566 bits per heavy atom. The molecule has 4 aromatic carbocycles. The first kappa shape index (κ1) is 40.9. The molecule has 0 atom stereocenters. The Bertz CT molecular complexity index is 1630. The summed E-state index contributed by atoms with van der Waals surface area (Å²) in [6.45, 7) is 4.90. The second-order valence-electron chi connectivity index (χ2n) is 15.0. The zero-order chi connectivity index (χ0) is 36.8. The van der Waals surface area contributed by atoms with Gasteiger partial charge in [0, 0.05) is 36.3 Å². The molecule has 6 rings (SSSR count). The predicted molar refractivity (Wildman–Crippen MR) is 252 cm³/mol. The lowest BCUT2D eigenvalue weighted by molar-refractivity contribution is 0.631. The summed E-state index contributed by atoms with van der Waals surface area (Å²) in [7, 11) is -1.47. The number of rotatable bonds is 21. The van der Waals surface area contributed by atoms with Crippen LogP contribution in [-0.4, -0.2) is 49.8 Å². The average molecular weight is 844 g/mol. The summed E-state index contributed by atoms with van der Waals surface area (Å²) in [6, 6.07) is 45.8. The molecule has 1 aliphatic carbocycles. The maximum Gasteiger partial charge on any atom is 0.0104 e. The lowest BCUT2D eigenvalue weighted by atomic mass is 9.89. The van der Waals surface area contributed by atoms with Gasteiger partial charge in [0.05, 0.1) is 0 Å². The van der Waals surface area contributed by atoms with E-state index in [1.807, 2.05) is 0 Å². The SMILES string of the molecule is CC(C)(CCCBr)SCCCS1(CCCSCCCSC2CCCC2)C(c2ccccc2)=C(c2ccccc2)C(c2ccccc2)=C1c1ccccc1. The normalized spacial score (nSPS) is 16.8. The molecule has 2 aliphatic rings. The number of thioether (sulfide) groups is 3. The largest absolute Gasteiger partial charge is 0.185 e. The van der Waals surface area contributed by atoms with Crippen molar-refractivity contribution in [3.8, 4) is 0 Å². The molecule has 0 bridgehead atoms. The molecular weight excluding hydrogens is 785 g/mol. The molecule has 1 aliphatic heterocycles. The van der Waals surface area contributed by atoms with E-state index < -0.39 is 10.0 Å². The Hall–Kier alpha value is -1.76. The van der Waals surface area contributed by atoms with Gasteiger partial charge in [0.1, 0.15) is 0 Å². The van der Waals surface area contributed by atoms with Crippen LogP contribution in [0.4, 0.5) is 0 Å². The number of hydrogen-bond donors (Lipinski definition) is 0. The van der Waals surface area contributed by atoms with Gasteiger partial charge in [-0.3, -0.25) is 0 Å². The highest BCUT2D eigenvalue weighted by Gasteiger charge is 2.44. The summed E-state index contributed by atoms with van der Waals surface area (Å²) in [5, 5.41) is 2.02. The number of benzene rings is 4. The van der Waals surface area contributed by atoms with E-state index in [2.05, 4.69) is 186 Å². The summed E-state index contributed by atoms with van der Waals surface area (Å²) >= 11 is 10.3. The smallest absolute Gasteiger partial charge is 0.0104 e. The highest BCUT2D eigenvalue weighted by Crippen LogP contribution is 2.78. The standard InChI is InChI=1S/C48H59BrS4/c1-48(2,31-17-32-49)52-36-20-38-53(37-19-34-50-33-18-35-51-43-29-15-16-30-43)46(41-25-11-5-12-26-41)44(39-21-7-3-8-22-39)45(40-23-9-4-10-24-40)47(53)42-27-13-6-14-28-42/h3-14,21-28,43H,15-20,29-38H2,1-2H3. The van der Waals surface area contributed by atoms with E-state index in [1.54, 1.807) is 9.81 Å². The van der Waals surface area contributed by atoms with Crippen LogP contribution in [0, 0.1) is 0 Å². The van der Waals surface area contributed by atoms with Crippen LogP contribution in [0.2, 0.25) is 0 Å². The fourth-order valence-electron chi connectivity index (χ4n) is 8.10. The van der Waals surface area contributed by atoms with Gasteiger partial charge in [0.25, 0.3) is 0 Å². The molecule has 1 saturated carbocycles. The van der Waals surface area contributed by atoms with E-state index in [0.29, 0.717) is 4.75 Å². The minimum atomic E-state index is -1.47. The van der Waals surface area contributed by atoms with Gasteiger partial charge in [0.2, 0.25) is 0 Å². The molecular formula is C48H59BrS4. The Kier molecular flexibility index (Phi) is 16.2. The zero-order valence-corrected chi connectivity index (χ0v) is 36.8. The van der Waals surface area contributed by atoms with Crippen molar-refractivity contribution in [3.63, 3.8) is 0 Å². The summed E-state index contributed by atoms with van der Waals surface area (Å²) in [5.74, 6) is 7.51. The first-order valence-corrected chi connectivity index (χ1v) is 26.2. The zero-order valence-electron chi connectivity index (χ0n) is 31.9. The number of alkyl halides is 1. The van der Waals surface area contributed by atoms with Crippen molar-refractivity contribution in [2.75, 3.05) is 39.8 Å². The van der Waals surface area contributed by atoms with Crippen LogP contribution < -0.4 is 0 Å². The molecule has 53 heavy (non-hydrogen) atoms. The van der Waals surface area contributed by atoms with E-state index in [4.69, 9.17) is 0 Å². The Morgan fingerprint density at radius 2 is 1.02 bits per heavy atom. The molecule has 1 fully saturated rings. The van der Waals surface area contributed by atoms with Crippen molar-refractivity contribution in [2.45, 2.75) is 81.6 Å². The molecule has 0 aromatic heterocycles. The second-order valence-corrected chi connectivity index (χ2v) is 23.6. The van der Waals surface area contributed by atoms with Crippen molar-refractivity contribution in [1.29, 1.82) is 0 Å². The van der Waals surface area contributed by atoms with Crippen LogP contribution in [-0.2, 0) is 0 Å². The molecule has 5 heteroatoms.